The second-order valence-electron chi connectivity index (χ2n) is 6.29. The molecule has 2 heterocycles. The average molecular weight is 309 g/mol. The SMILES string of the molecule is CCNC(CCc1ccsc1)C(CC)(CC)N1CCCC1. The van der Waals surface area contributed by atoms with Gasteiger partial charge < -0.3 is 5.32 Å². The fraction of sp³-hybridized carbons (Fsp3) is 0.778. The maximum Gasteiger partial charge on any atom is 0.0357 e. The quantitative estimate of drug-likeness (QED) is 0.731. The Hall–Kier alpha value is -0.380. The van der Waals surface area contributed by atoms with Crippen LogP contribution in [0, 0.1) is 0 Å². The van der Waals surface area contributed by atoms with Gasteiger partial charge in [-0.2, -0.15) is 11.3 Å². The lowest BCUT2D eigenvalue weighted by atomic mass is 9.80. The molecule has 1 aliphatic rings. The summed E-state index contributed by atoms with van der Waals surface area (Å²) in [5.74, 6) is 0. The van der Waals surface area contributed by atoms with Crippen LogP contribution in [0.5, 0.6) is 0 Å². The molecule has 2 rings (SSSR count). The lowest BCUT2D eigenvalue weighted by Crippen LogP contribution is -2.60. The molecule has 1 unspecified atom stereocenters. The van der Waals surface area contributed by atoms with Crippen molar-refractivity contribution in [1.82, 2.24) is 10.2 Å². The van der Waals surface area contributed by atoms with Gasteiger partial charge in [-0.15, -0.1) is 0 Å². The first kappa shape index (κ1) is 17.0. The van der Waals surface area contributed by atoms with E-state index in [1.807, 2.05) is 11.3 Å². The van der Waals surface area contributed by atoms with E-state index in [9.17, 15) is 0 Å². The highest BCUT2D eigenvalue weighted by atomic mass is 32.1. The Morgan fingerprint density at radius 1 is 1.24 bits per heavy atom. The number of thiophene rings is 1. The van der Waals surface area contributed by atoms with Crippen LogP contribution in [0.1, 0.15) is 58.4 Å². The fourth-order valence-electron chi connectivity index (χ4n) is 4.13. The minimum atomic E-state index is 0.350. The fourth-order valence-corrected chi connectivity index (χ4v) is 4.83. The van der Waals surface area contributed by atoms with Crippen LogP contribution in [0.3, 0.4) is 0 Å². The van der Waals surface area contributed by atoms with Gasteiger partial charge in [0.05, 0.1) is 0 Å². The third-order valence-electron chi connectivity index (χ3n) is 5.36. The van der Waals surface area contributed by atoms with Gasteiger partial charge in [0.1, 0.15) is 0 Å². The standard InChI is InChI=1S/C18H32N2S/c1-4-18(5-2,20-12-7-8-13-20)17(19-6-3)10-9-16-11-14-21-15-16/h11,14-15,17,19H,4-10,12-13H2,1-3H3. The molecule has 0 radical (unpaired) electrons. The summed E-state index contributed by atoms with van der Waals surface area (Å²) in [6, 6.07) is 2.89. The predicted molar refractivity (Wildman–Crippen MR) is 94.2 cm³/mol. The van der Waals surface area contributed by atoms with Crippen LogP contribution in [0.2, 0.25) is 0 Å². The van der Waals surface area contributed by atoms with Crippen molar-refractivity contribution in [1.29, 1.82) is 0 Å². The van der Waals surface area contributed by atoms with E-state index in [4.69, 9.17) is 0 Å². The number of nitrogens with one attached hydrogen (secondary N) is 1. The number of hydrogen-bond donors (Lipinski definition) is 1. The van der Waals surface area contributed by atoms with Crippen LogP contribution in [0.25, 0.3) is 0 Å². The van der Waals surface area contributed by atoms with Gasteiger partial charge in [0.2, 0.25) is 0 Å². The molecule has 0 aromatic carbocycles. The van der Waals surface area contributed by atoms with Crippen molar-refractivity contribution in [3.05, 3.63) is 22.4 Å². The first-order valence-corrected chi connectivity index (χ1v) is 9.70. The van der Waals surface area contributed by atoms with Crippen molar-refractivity contribution in [2.75, 3.05) is 19.6 Å². The van der Waals surface area contributed by atoms with Gasteiger partial charge in [-0.25, -0.2) is 0 Å². The summed E-state index contributed by atoms with van der Waals surface area (Å²) in [6.45, 7) is 10.7. The smallest absolute Gasteiger partial charge is 0.0357 e. The molecule has 0 saturated carbocycles. The normalized spacial score (nSPS) is 18.2. The molecule has 0 aliphatic carbocycles. The van der Waals surface area contributed by atoms with Crippen LogP contribution in [-0.4, -0.2) is 36.1 Å². The summed E-state index contributed by atoms with van der Waals surface area (Å²) < 4.78 is 0. The van der Waals surface area contributed by atoms with Crippen molar-refractivity contribution in [3.63, 3.8) is 0 Å². The molecule has 0 spiro atoms. The molecule has 0 amide bonds. The highest BCUT2D eigenvalue weighted by Crippen LogP contribution is 2.33. The minimum absolute atomic E-state index is 0.350. The Morgan fingerprint density at radius 2 is 1.95 bits per heavy atom. The third-order valence-corrected chi connectivity index (χ3v) is 6.09. The number of nitrogens with zero attached hydrogens (tertiary/aromatic N) is 1. The van der Waals surface area contributed by atoms with E-state index in [0.717, 1.165) is 6.54 Å². The summed E-state index contributed by atoms with van der Waals surface area (Å²) in [6.07, 6.45) is 7.73. The zero-order valence-electron chi connectivity index (χ0n) is 14.0. The molecule has 21 heavy (non-hydrogen) atoms. The molecular weight excluding hydrogens is 276 g/mol. The maximum atomic E-state index is 3.83. The van der Waals surface area contributed by atoms with Crippen molar-refractivity contribution >= 4 is 11.3 Å². The van der Waals surface area contributed by atoms with Gasteiger partial charge in [0, 0.05) is 11.6 Å². The Bertz CT molecular complexity index is 378. The van der Waals surface area contributed by atoms with Crippen molar-refractivity contribution in [3.8, 4) is 0 Å². The summed E-state index contributed by atoms with van der Waals surface area (Å²) in [5, 5.41) is 8.33. The Kier molecular flexibility index (Phi) is 6.72. The molecule has 1 fully saturated rings. The molecule has 0 bridgehead atoms. The lowest BCUT2D eigenvalue weighted by molar-refractivity contribution is 0.0593. The number of likely N-dealkylation sites (N-methyl/N-ethyl adjacent to an activating group) is 1. The Labute approximate surface area is 134 Å². The first-order chi connectivity index (χ1) is 10.3. The molecule has 1 saturated heterocycles. The van der Waals surface area contributed by atoms with E-state index in [1.54, 1.807) is 0 Å². The number of aryl methyl sites for hydroxylation is 1. The van der Waals surface area contributed by atoms with E-state index >= 15 is 0 Å². The zero-order chi connectivity index (χ0) is 15.1. The van der Waals surface area contributed by atoms with E-state index in [-0.39, 0.29) is 0 Å². The lowest BCUT2D eigenvalue weighted by Gasteiger charge is -2.47. The Morgan fingerprint density at radius 3 is 2.48 bits per heavy atom. The van der Waals surface area contributed by atoms with Crippen molar-refractivity contribution in [2.24, 2.45) is 0 Å². The van der Waals surface area contributed by atoms with Crippen LogP contribution in [0.15, 0.2) is 16.8 Å². The van der Waals surface area contributed by atoms with Gasteiger partial charge in [-0.1, -0.05) is 20.8 Å². The van der Waals surface area contributed by atoms with E-state index in [2.05, 4.69) is 47.8 Å². The van der Waals surface area contributed by atoms with Crippen LogP contribution >= 0.6 is 11.3 Å². The summed E-state index contributed by atoms with van der Waals surface area (Å²) in [5.41, 5.74) is 1.85. The third kappa shape index (κ3) is 3.88. The summed E-state index contributed by atoms with van der Waals surface area (Å²) in [7, 11) is 0. The van der Waals surface area contributed by atoms with Gasteiger partial charge in [0.15, 0.2) is 0 Å². The monoisotopic (exact) mass is 308 g/mol. The van der Waals surface area contributed by atoms with Gasteiger partial charge in [0.25, 0.3) is 0 Å². The number of likely N-dealkylation sites (tertiary alicyclic amines) is 1. The number of rotatable bonds is 9. The Balaban J connectivity index is 2.10. The zero-order valence-corrected chi connectivity index (χ0v) is 14.8. The largest absolute Gasteiger partial charge is 0.312 e. The van der Waals surface area contributed by atoms with Crippen LogP contribution < -0.4 is 5.32 Å². The molecule has 120 valence electrons. The summed E-state index contributed by atoms with van der Waals surface area (Å²) in [4.78, 5) is 2.79. The van der Waals surface area contributed by atoms with Crippen LogP contribution in [-0.2, 0) is 6.42 Å². The topological polar surface area (TPSA) is 15.3 Å². The van der Waals surface area contributed by atoms with Gasteiger partial charge >= 0.3 is 0 Å². The minimum Gasteiger partial charge on any atom is -0.312 e. The van der Waals surface area contributed by atoms with Crippen molar-refractivity contribution < 1.29 is 0 Å². The van der Waals surface area contributed by atoms with Gasteiger partial charge in [-0.05, 0) is 80.5 Å². The second kappa shape index (κ2) is 8.30. The molecule has 1 aromatic rings. The van der Waals surface area contributed by atoms with E-state index in [0.29, 0.717) is 11.6 Å². The summed E-state index contributed by atoms with van der Waals surface area (Å²) >= 11 is 1.82. The highest BCUT2D eigenvalue weighted by Gasteiger charge is 2.41. The maximum absolute atomic E-state index is 3.83. The molecule has 3 heteroatoms. The van der Waals surface area contributed by atoms with Crippen molar-refractivity contribution in [2.45, 2.75) is 70.9 Å². The predicted octanol–water partition coefficient (Wildman–Crippen LogP) is 4.31. The van der Waals surface area contributed by atoms with E-state index < -0.39 is 0 Å². The molecular formula is C18H32N2S. The molecule has 2 nitrogen and oxygen atoms in total. The molecule has 1 aromatic heterocycles. The second-order valence-corrected chi connectivity index (χ2v) is 7.07. The van der Waals surface area contributed by atoms with Crippen LogP contribution in [0.4, 0.5) is 0 Å². The highest BCUT2D eigenvalue weighted by molar-refractivity contribution is 7.07. The molecule has 1 atom stereocenters. The van der Waals surface area contributed by atoms with E-state index in [1.165, 1.54) is 57.2 Å². The van der Waals surface area contributed by atoms with Gasteiger partial charge in [-0.3, -0.25) is 4.90 Å². The first-order valence-electron chi connectivity index (χ1n) is 8.76. The molecule has 1 N–H and O–H groups in total. The number of hydrogen-bond acceptors (Lipinski definition) is 3. The molecule has 1 aliphatic heterocycles. The average Bonchev–Trinajstić information content (AvgIpc) is 3.20.